The average molecular weight is 240 g/mol. The Morgan fingerprint density at radius 3 is 2.41 bits per heavy atom. The fourth-order valence-electron chi connectivity index (χ4n) is 2.33. The molecule has 0 spiro atoms. The average Bonchev–Trinajstić information content (AvgIpc) is 2.35. The fraction of sp³-hybridized carbons (Fsp3) is 0.538. The molecule has 0 saturated carbocycles. The maximum absolute atomic E-state index is 13.5. The number of rotatable bonds is 3. The number of hydrogen-bond acceptors (Lipinski definition) is 2. The molecule has 4 heteroatoms. The molecule has 0 bridgehead atoms. The third-order valence-electron chi connectivity index (χ3n) is 3.43. The van der Waals surface area contributed by atoms with Crippen molar-refractivity contribution < 1.29 is 8.78 Å². The Hall–Kier alpha value is -1.16. The van der Waals surface area contributed by atoms with Gasteiger partial charge in [-0.1, -0.05) is 6.07 Å². The lowest BCUT2D eigenvalue weighted by molar-refractivity contribution is 0.342. The molecule has 2 N–H and O–H groups in total. The Morgan fingerprint density at radius 2 is 1.82 bits per heavy atom. The second-order valence-electron chi connectivity index (χ2n) is 4.62. The van der Waals surface area contributed by atoms with Crippen molar-refractivity contribution in [1.29, 1.82) is 0 Å². The van der Waals surface area contributed by atoms with Crippen molar-refractivity contribution in [3.8, 4) is 0 Å². The molecule has 2 nitrogen and oxygen atoms in total. The van der Waals surface area contributed by atoms with Gasteiger partial charge >= 0.3 is 0 Å². The quantitative estimate of drug-likeness (QED) is 0.849. The first-order valence-corrected chi connectivity index (χ1v) is 6.09. The van der Waals surface area contributed by atoms with Crippen LogP contribution in [-0.2, 0) is 0 Å². The van der Waals surface area contributed by atoms with E-state index in [0.29, 0.717) is 5.92 Å². The number of anilines is 1. The van der Waals surface area contributed by atoms with Gasteiger partial charge in [0.25, 0.3) is 0 Å². The van der Waals surface area contributed by atoms with Crippen LogP contribution in [0.3, 0.4) is 0 Å². The van der Waals surface area contributed by atoms with Crippen molar-refractivity contribution in [3.05, 3.63) is 29.8 Å². The van der Waals surface area contributed by atoms with Gasteiger partial charge in [-0.05, 0) is 50.9 Å². The highest BCUT2D eigenvalue weighted by Gasteiger charge is 2.21. The summed E-state index contributed by atoms with van der Waals surface area (Å²) in [5.74, 6) is -0.577. The Morgan fingerprint density at radius 1 is 1.24 bits per heavy atom. The summed E-state index contributed by atoms with van der Waals surface area (Å²) >= 11 is 0. The lowest BCUT2D eigenvalue weighted by atomic mass is 9.91. The Kier molecular flexibility index (Phi) is 3.94. The monoisotopic (exact) mass is 240 g/mol. The van der Waals surface area contributed by atoms with Crippen molar-refractivity contribution in [2.24, 2.45) is 5.92 Å². The molecule has 1 atom stereocenters. The molecule has 17 heavy (non-hydrogen) atoms. The van der Waals surface area contributed by atoms with E-state index in [0.717, 1.165) is 25.9 Å². The Balaban J connectivity index is 2.04. The zero-order valence-electron chi connectivity index (χ0n) is 9.97. The second kappa shape index (κ2) is 5.45. The molecule has 0 radical (unpaired) electrons. The summed E-state index contributed by atoms with van der Waals surface area (Å²) in [5, 5.41) is 6.25. The van der Waals surface area contributed by atoms with Crippen LogP contribution in [0.5, 0.6) is 0 Å². The van der Waals surface area contributed by atoms with Gasteiger partial charge in [0.15, 0.2) is 0 Å². The highest BCUT2D eigenvalue weighted by Crippen LogP contribution is 2.23. The summed E-state index contributed by atoms with van der Waals surface area (Å²) in [5.41, 5.74) is -0.00136. The van der Waals surface area contributed by atoms with E-state index in [-0.39, 0.29) is 11.7 Å². The molecule has 1 unspecified atom stereocenters. The summed E-state index contributed by atoms with van der Waals surface area (Å²) in [4.78, 5) is 0. The van der Waals surface area contributed by atoms with Gasteiger partial charge in [0.1, 0.15) is 17.3 Å². The van der Waals surface area contributed by atoms with Crippen molar-refractivity contribution in [1.82, 2.24) is 5.32 Å². The van der Waals surface area contributed by atoms with E-state index in [1.54, 1.807) is 0 Å². The minimum absolute atomic E-state index is 0.00136. The molecule has 1 aromatic carbocycles. The molecule has 1 fully saturated rings. The van der Waals surface area contributed by atoms with Crippen LogP contribution >= 0.6 is 0 Å². The number of piperidine rings is 1. The molecule has 1 saturated heterocycles. The predicted molar refractivity (Wildman–Crippen MR) is 65.0 cm³/mol. The Bertz CT molecular complexity index is 355. The van der Waals surface area contributed by atoms with Gasteiger partial charge < -0.3 is 10.6 Å². The van der Waals surface area contributed by atoms with E-state index in [2.05, 4.69) is 10.6 Å². The van der Waals surface area contributed by atoms with Gasteiger partial charge in [-0.25, -0.2) is 8.78 Å². The SMILES string of the molecule is CC(Nc1c(F)cccc1F)C1CCNCC1. The van der Waals surface area contributed by atoms with Crippen LogP contribution in [-0.4, -0.2) is 19.1 Å². The molecule has 94 valence electrons. The maximum Gasteiger partial charge on any atom is 0.149 e. The van der Waals surface area contributed by atoms with Crippen molar-refractivity contribution >= 4 is 5.69 Å². The molecule has 2 rings (SSSR count). The first-order chi connectivity index (χ1) is 8.18. The van der Waals surface area contributed by atoms with Crippen molar-refractivity contribution in [3.63, 3.8) is 0 Å². The van der Waals surface area contributed by atoms with Gasteiger partial charge in [0.05, 0.1) is 0 Å². The predicted octanol–water partition coefficient (Wildman–Crippen LogP) is 2.76. The van der Waals surface area contributed by atoms with Crippen LogP contribution in [0.15, 0.2) is 18.2 Å². The van der Waals surface area contributed by atoms with Gasteiger partial charge in [0.2, 0.25) is 0 Å². The number of hydrogen-bond donors (Lipinski definition) is 2. The molecule has 1 aliphatic rings. The van der Waals surface area contributed by atoms with Crippen LogP contribution in [0.2, 0.25) is 0 Å². The zero-order chi connectivity index (χ0) is 12.3. The first-order valence-electron chi connectivity index (χ1n) is 6.09. The van der Waals surface area contributed by atoms with E-state index in [1.165, 1.54) is 18.2 Å². The fourth-order valence-corrected chi connectivity index (χ4v) is 2.33. The van der Waals surface area contributed by atoms with E-state index in [9.17, 15) is 8.78 Å². The Labute approximate surface area is 100 Å². The van der Waals surface area contributed by atoms with Crippen molar-refractivity contribution in [2.75, 3.05) is 18.4 Å². The highest BCUT2D eigenvalue weighted by atomic mass is 19.1. The van der Waals surface area contributed by atoms with Crippen molar-refractivity contribution in [2.45, 2.75) is 25.8 Å². The molecule has 0 amide bonds. The number of benzene rings is 1. The molecule has 0 aliphatic carbocycles. The summed E-state index contributed by atoms with van der Waals surface area (Å²) < 4.78 is 26.9. The summed E-state index contributed by atoms with van der Waals surface area (Å²) in [7, 11) is 0. The smallest absolute Gasteiger partial charge is 0.149 e. The summed E-state index contributed by atoms with van der Waals surface area (Å²) in [6.45, 7) is 3.95. The first kappa shape index (κ1) is 12.3. The zero-order valence-corrected chi connectivity index (χ0v) is 9.97. The van der Waals surface area contributed by atoms with Gasteiger partial charge in [0, 0.05) is 6.04 Å². The maximum atomic E-state index is 13.5. The normalized spacial score (nSPS) is 19.0. The van der Waals surface area contributed by atoms with Gasteiger partial charge in [-0.2, -0.15) is 0 Å². The molecule has 1 aliphatic heterocycles. The standard InChI is InChI=1S/C13H18F2N2/c1-9(10-5-7-16-8-6-10)17-13-11(14)3-2-4-12(13)15/h2-4,9-10,16-17H,5-8H2,1H3. The van der Waals surface area contributed by atoms with Crippen LogP contribution in [0.25, 0.3) is 0 Å². The molecular formula is C13H18F2N2. The third-order valence-corrected chi connectivity index (χ3v) is 3.43. The van der Waals surface area contributed by atoms with Crippen LogP contribution in [0, 0.1) is 17.6 Å². The van der Waals surface area contributed by atoms with Crippen LogP contribution < -0.4 is 10.6 Å². The van der Waals surface area contributed by atoms with E-state index in [4.69, 9.17) is 0 Å². The van der Waals surface area contributed by atoms with Crippen LogP contribution in [0.4, 0.5) is 14.5 Å². The minimum Gasteiger partial charge on any atom is -0.378 e. The lowest BCUT2D eigenvalue weighted by Crippen LogP contribution is -2.36. The summed E-state index contributed by atoms with van der Waals surface area (Å²) in [6.07, 6.45) is 2.09. The number of nitrogens with one attached hydrogen (secondary N) is 2. The second-order valence-corrected chi connectivity index (χ2v) is 4.62. The largest absolute Gasteiger partial charge is 0.378 e. The van der Waals surface area contributed by atoms with Gasteiger partial charge in [-0.15, -0.1) is 0 Å². The van der Waals surface area contributed by atoms with E-state index >= 15 is 0 Å². The molecular weight excluding hydrogens is 222 g/mol. The third kappa shape index (κ3) is 2.94. The highest BCUT2D eigenvalue weighted by molar-refractivity contribution is 5.46. The number of halogens is 2. The summed E-state index contributed by atoms with van der Waals surface area (Å²) in [6, 6.07) is 4.02. The number of para-hydroxylation sites is 1. The molecule has 1 heterocycles. The lowest BCUT2D eigenvalue weighted by Gasteiger charge is -2.29. The minimum atomic E-state index is -0.522. The molecule has 0 aromatic heterocycles. The topological polar surface area (TPSA) is 24.1 Å². The molecule has 1 aromatic rings. The van der Waals surface area contributed by atoms with E-state index in [1.807, 2.05) is 6.92 Å². The van der Waals surface area contributed by atoms with E-state index < -0.39 is 11.6 Å². The van der Waals surface area contributed by atoms with Crippen LogP contribution in [0.1, 0.15) is 19.8 Å². The van der Waals surface area contributed by atoms with Gasteiger partial charge in [-0.3, -0.25) is 0 Å².